The zero-order chi connectivity index (χ0) is 21.7. The Bertz CT molecular complexity index is 1050. The van der Waals surface area contributed by atoms with E-state index in [-0.39, 0.29) is 23.9 Å². The third-order valence-electron chi connectivity index (χ3n) is 3.84. The number of hydrogen-bond acceptors (Lipinski definition) is 6. The summed E-state index contributed by atoms with van der Waals surface area (Å²) in [5.74, 6) is 0.579. The Hall–Kier alpha value is -2.71. The van der Waals surface area contributed by atoms with Gasteiger partial charge in [0.05, 0.1) is 11.4 Å². The lowest BCUT2D eigenvalue weighted by molar-refractivity contribution is 0.102. The Morgan fingerprint density at radius 3 is 2.47 bits per heavy atom. The van der Waals surface area contributed by atoms with Crippen LogP contribution in [0.4, 0.5) is 5.13 Å². The lowest BCUT2D eigenvalue weighted by Gasteiger charge is -2.14. The van der Waals surface area contributed by atoms with E-state index in [2.05, 4.69) is 10.3 Å². The second-order valence-corrected chi connectivity index (χ2v) is 9.15. The van der Waals surface area contributed by atoms with Gasteiger partial charge in [-0.25, -0.2) is 4.98 Å². The Morgan fingerprint density at radius 2 is 1.87 bits per heavy atom. The van der Waals surface area contributed by atoms with E-state index in [9.17, 15) is 19.1 Å². The lowest BCUT2D eigenvalue weighted by Crippen LogP contribution is -2.13. The van der Waals surface area contributed by atoms with Crippen molar-refractivity contribution in [1.82, 2.24) is 4.98 Å². The SMILES string of the molecule is CC(C)Oc1cc(OCc2ccc(P(=O)(O)O)cc2)cc(C(=O)Nc2nccs2)c1. The van der Waals surface area contributed by atoms with Gasteiger partial charge < -0.3 is 19.3 Å². The maximum Gasteiger partial charge on any atom is 0.356 e. The lowest BCUT2D eigenvalue weighted by atomic mass is 10.2. The number of rotatable bonds is 8. The van der Waals surface area contributed by atoms with Gasteiger partial charge in [-0.2, -0.15) is 0 Å². The highest BCUT2D eigenvalue weighted by Crippen LogP contribution is 2.33. The number of benzene rings is 2. The molecule has 0 radical (unpaired) electrons. The molecule has 1 aromatic heterocycles. The zero-order valence-corrected chi connectivity index (χ0v) is 18.0. The molecule has 0 unspecified atom stereocenters. The average Bonchev–Trinajstić information content (AvgIpc) is 3.18. The maximum atomic E-state index is 12.6. The molecule has 3 rings (SSSR count). The molecule has 158 valence electrons. The minimum Gasteiger partial charge on any atom is -0.491 e. The van der Waals surface area contributed by atoms with Gasteiger partial charge in [-0.1, -0.05) is 12.1 Å². The molecule has 10 heteroatoms. The molecule has 0 aliphatic carbocycles. The first-order valence-electron chi connectivity index (χ1n) is 9.01. The number of nitrogens with one attached hydrogen (secondary N) is 1. The second-order valence-electron chi connectivity index (χ2n) is 6.65. The van der Waals surface area contributed by atoms with Crippen molar-refractivity contribution in [3.8, 4) is 11.5 Å². The summed E-state index contributed by atoms with van der Waals surface area (Å²) in [5.41, 5.74) is 1.08. The standard InChI is InChI=1S/C20H21N2O6PS/c1-13(2)28-17-10-15(19(23)22-20-21-7-8-30-20)9-16(11-17)27-12-14-3-5-18(6-4-14)29(24,25)26/h3-11,13H,12H2,1-2H3,(H,21,22,23)(H2,24,25,26). The van der Waals surface area contributed by atoms with Crippen molar-refractivity contribution >= 4 is 35.3 Å². The number of carbonyl (C=O) groups excluding carboxylic acids is 1. The van der Waals surface area contributed by atoms with E-state index in [1.54, 1.807) is 41.9 Å². The van der Waals surface area contributed by atoms with Gasteiger partial charge in [0, 0.05) is 23.2 Å². The predicted molar refractivity (Wildman–Crippen MR) is 115 cm³/mol. The summed E-state index contributed by atoms with van der Waals surface area (Å²) in [6, 6.07) is 10.8. The molecule has 1 heterocycles. The minimum absolute atomic E-state index is 0.0558. The first-order chi connectivity index (χ1) is 14.2. The summed E-state index contributed by atoms with van der Waals surface area (Å²) in [7, 11) is -4.28. The Morgan fingerprint density at radius 1 is 1.17 bits per heavy atom. The van der Waals surface area contributed by atoms with Crippen LogP contribution in [0.25, 0.3) is 0 Å². The van der Waals surface area contributed by atoms with Crippen molar-refractivity contribution in [2.24, 2.45) is 0 Å². The Kier molecular flexibility index (Phi) is 6.89. The first kappa shape index (κ1) is 22.0. The quantitative estimate of drug-likeness (QED) is 0.451. The molecule has 0 atom stereocenters. The predicted octanol–water partition coefficient (Wildman–Crippen LogP) is 3.56. The van der Waals surface area contributed by atoms with Crippen molar-refractivity contribution in [3.05, 3.63) is 65.2 Å². The summed E-state index contributed by atoms with van der Waals surface area (Å²) in [4.78, 5) is 35.0. The summed E-state index contributed by atoms with van der Waals surface area (Å²) >= 11 is 1.31. The molecule has 0 spiro atoms. The molecule has 0 aliphatic rings. The number of thiazole rings is 1. The van der Waals surface area contributed by atoms with Gasteiger partial charge in [-0.3, -0.25) is 14.7 Å². The smallest absolute Gasteiger partial charge is 0.356 e. The molecule has 30 heavy (non-hydrogen) atoms. The van der Waals surface area contributed by atoms with Crippen molar-refractivity contribution in [2.45, 2.75) is 26.6 Å². The van der Waals surface area contributed by atoms with Crippen molar-refractivity contribution in [2.75, 3.05) is 5.32 Å². The molecule has 0 saturated heterocycles. The van der Waals surface area contributed by atoms with E-state index in [1.807, 2.05) is 13.8 Å². The van der Waals surface area contributed by atoms with E-state index >= 15 is 0 Å². The molecular formula is C20H21N2O6PS. The normalized spacial score (nSPS) is 11.4. The monoisotopic (exact) mass is 448 g/mol. The van der Waals surface area contributed by atoms with E-state index < -0.39 is 7.60 Å². The third kappa shape index (κ3) is 6.14. The molecule has 0 aliphatic heterocycles. The number of ether oxygens (including phenoxy) is 2. The molecular weight excluding hydrogens is 427 g/mol. The van der Waals surface area contributed by atoms with Crippen LogP contribution in [0.15, 0.2) is 54.0 Å². The van der Waals surface area contributed by atoms with Gasteiger partial charge in [-0.15, -0.1) is 11.3 Å². The topological polar surface area (TPSA) is 118 Å². The van der Waals surface area contributed by atoms with Gasteiger partial charge in [0.15, 0.2) is 5.13 Å². The van der Waals surface area contributed by atoms with Crippen LogP contribution < -0.4 is 20.1 Å². The zero-order valence-electron chi connectivity index (χ0n) is 16.3. The van der Waals surface area contributed by atoms with E-state index in [0.29, 0.717) is 22.2 Å². The summed E-state index contributed by atoms with van der Waals surface area (Å²) < 4.78 is 22.8. The number of hydrogen-bond donors (Lipinski definition) is 3. The van der Waals surface area contributed by atoms with Crippen LogP contribution in [0.3, 0.4) is 0 Å². The summed E-state index contributed by atoms with van der Waals surface area (Å²) in [5, 5.41) is 4.92. The van der Waals surface area contributed by atoms with Crippen LogP contribution in [0.1, 0.15) is 29.8 Å². The van der Waals surface area contributed by atoms with E-state index in [4.69, 9.17) is 9.47 Å². The van der Waals surface area contributed by atoms with Crippen molar-refractivity contribution < 1.29 is 28.6 Å². The van der Waals surface area contributed by atoms with Crippen LogP contribution >= 0.6 is 18.9 Å². The molecule has 1 amide bonds. The summed E-state index contributed by atoms with van der Waals surface area (Å²) in [6.45, 7) is 3.91. The largest absolute Gasteiger partial charge is 0.491 e. The van der Waals surface area contributed by atoms with Gasteiger partial charge in [0.25, 0.3) is 5.91 Å². The van der Waals surface area contributed by atoms with Crippen LogP contribution in [0.2, 0.25) is 0 Å². The van der Waals surface area contributed by atoms with Gasteiger partial charge in [0.2, 0.25) is 0 Å². The van der Waals surface area contributed by atoms with Crippen LogP contribution in [0, 0.1) is 0 Å². The van der Waals surface area contributed by atoms with E-state index in [1.165, 1.54) is 23.5 Å². The Labute approximate surface area is 177 Å². The van der Waals surface area contributed by atoms with Gasteiger partial charge in [-0.05, 0) is 43.7 Å². The molecule has 3 aromatic rings. The third-order valence-corrected chi connectivity index (χ3v) is 5.50. The fourth-order valence-electron chi connectivity index (χ4n) is 2.53. The number of anilines is 1. The average molecular weight is 448 g/mol. The fourth-order valence-corrected chi connectivity index (χ4v) is 3.60. The number of carbonyl (C=O) groups is 1. The highest BCUT2D eigenvalue weighted by molar-refractivity contribution is 7.60. The number of aromatic nitrogens is 1. The van der Waals surface area contributed by atoms with E-state index in [0.717, 1.165) is 5.56 Å². The highest BCUT2D eigenvalue weighted by Gasteiger charge is 2.16. The minimum atomic E-state index is -4.28. The molecule has 3 N–H and O–H groups in total. The van der Waals surface area contributed by atoms with Crippen LogP contribution in [0.5, 0.6) is 11.5 Å². The molecule has 0 saturated carbocycles. The highest BCUT2D eigenvalue weighted by atomic mass is 32.1. The fraction of sp³-hybridized carbons (Fsp3) is 0.200. The summed E-state index contributed by atoms with van der Waals surface area (Å²) in [6.07, 6.45) is 1.51. The molecule has 8 nitrogen and oxygen atoms in total. The number of nitrogens with zero attached hydrogens (tertiary/aromatic N) is 1. The maximum absolute atomic E-state index is 12.6. The molecule has 0 bridgehead atoms. The Balaban J connectivity index is 1.77. The van der Waals surface area contributed by atoms with Crippen LogP contribution in [-0.4, -0.2) is 26.8 Å². The second kappa shape index (κ2) is 9.40. The van der Waals surface area contributed by atoms with Crippen molar-refractivity contribution in [1.29, 1.82) is 0 Å². The molecule has 2 aromatic carbocycles. The van der Waals surface area contributed by atoms with Gasteiger partial charge in [0.1, 0.15) is 18.1 Å². The molecule has 0 fully saturated rings. The van der Waals surface area contributed by atoms with Crippen molar-refractivity contribution in [3.63, 3.8) is 0 Å². The first-order valence-corrected chi connectivity index (χ1v) is 11.5. The van der Waals surface area contributed by atoms with Crippen LogP contribution in [-0.2, 0) is 11.2 Å². The number of amides is 1. The van der Waals surface area contributed by atoms with Gasteiger partial charge >= 0.3 is 7.60 Å².